The van der Waals surface area contributed by atoms with E-state index in [-0.39, 0.29) is 12.8 Å². The molecule has 2 N–H and O–H groups in total. The molecule has 0 radical (unpaired) electrons. The molecule has 1 aliphatic rings. The Morgan fingerprint density at radius 2 is 1.80 bits per heavy atom. The maximum absolute atomic E-state index is 14.0. The highest BCUT2D eigenvalue weighted by Gasteiger charge is 2.45. The molecular weight excluding hydrogens is 281 g/mol. The molecule has 20 heavy (non-hydrogen) atoms. The summed E-state index contributed by atoms with van der Waals surface area (Å²) in [5.74, 6) is -3.66. The zero-order chi connectivity index (χ0) is 15.1. The number of ketones is 1. The van der Waals surface area contributed by atoms with E-state index in [1.807, 2.05) is 0 Å². The predicted molar refractivity (Wildman–Crippen MR) is 60.7 cm³/mol. The molecular formula is C13H12F5NO. The summed E-state index contributed by atoms with van der Waals surface area (Å²) in [7, 11) is 0. The molecule has 0 aliphatic heterocycles. The van der Waals surface area contributed by atoms with Crippen molar-refractivity contribution in [2.75, 3.05) is 0 Å². The second-order valence-corrected chi connectivity index (χ2v) is 4.88. The molecule has 0 spiro atoms. The van der Waals surface area contributed by atoms with Gasteiger partial charge in [-0.1, -0.05) is 6.42 Å². The summed E-state index contributed by atoms with van der Waals surface area (Å²) in [4.78, 5) is 11.8. The third-order valence-electron chi connectivity index (χ3n) is 3.57. The van der Waals surface area contributed by atoms with E-state index in [0.717, 1.165) is 0 Å². The molecule has 0 heterocycles. The van der Waals surface area contributed by atoms with Crippen LogP contribution in [-0.2, 0) is 16.5 Å². The van der Waals surface area contributed by atoms with Crippen molar-refractivity contribution in [1.29, 1.82) is 0 Å². The smallest absolute Gasteiger partial charge is 0.315 e. The fourth-order valence-corrected chi connectivity index (χ4v) is 2.50. The molecule has 1 aromatic carbocycles. The second kappa shape index (κ2) is 4.80. The first-order valence-corrected chi connectivity index (χ1v) is 6.06. The number of Topliss-reactive ketones (excluding diaryl/α,β-unsaturated/α-hetero) is 1. The molecule has 1 aliphatic carbocycles. The van der Waals surface area contributed by atoms with Crippen LogP contribution >= 0.6 is 0 Å². The van der Waals surface area contributed by atoms with E-state index in [1.165, 1.54) is 0 Å². The molecule has 0 aromatic heterocycles. The molecule has 1 atom stereocenters. The number of carbonyl (C=O) groups is 1. The Kier molecular flexibility index (Phi) is 3.58. The monoisotopic (exact) mass is 293 g/mol. The Bertz CT molecular complexity index is 554. The van der Waals surface area contributed by atoms with E-state index in [1.54, 1.807) is 0 Å². The second-order valence-electron chi connectivity index (χ2n) is 4.88. The highest BCUT2D eigenvalue weighted by Crippen LogP contribution is 2.39. The van der Waals surface area contributed by atoms with Gasteiger partial charge in [0.25, 0.3) is 0 Å². The minimum atomic E-state index is -4.97. The highest BCUT2D eigenvalue weighted by atomic mass is 19.4. The van der Waals surface area contributed by atoms with Crippen LogP contribution in [0.3, 0.4) is 0 Å². The molecule has 2 rings (SSSR count). The molecule has 7 heteroatoms. The summed E-state index contributed by atoms with van der Waals surface area (Å²) in [6.07, 6.45) is -4.09. The Morgan fingerprint density at radius 1 is 1.15 bits per heavy atom. The van der Waals surface area contributed by atoms with E-state index in [4.69, 9.17) is 5.73 Å². The van der Waals surface area contributed by atoms with Gasteiger partial charge >= 0.3 is 6.18 Å². The largest absolute Gasteiger partial charge is 0.419 e. The van der Waals surface area contributed by atoms with Gasteiger partial charge in [-0.15, -0.1) is 0 Å². The van der Waals surface area contributed by atoms with Gasteiger partial charge in [0.2, 0.25) is 0 Å². The SMILES string of the molecule is NC1(c2c(F)ccc(C(F)(F)F)c2F)CCCCC1=O. The normalized spacial score (nSPS) is 24.0. The Morgan fingerprint density at radius 3 is 2.35 bits per heavy atom. The van der Waals surface area contributed by atoms with Gasteiger partial charge in [0.1, 0.15) is 17.2 Å². The van der Waals surface area contributed by atoms with Gasteiger partial charge in [-0.2, -0.15) is 13.2 Å². The topological polar surface area (TPSA) is 43.1 Å². The van der Waals surface area contributed by atoms with Crippen LogP contribution in [0.5, 0.6) is 0 Å². The van der Waals surface area contributed by atoms with Crippen LogP contribution in [0.1, 0.15) is 36.8 Å². The lowest BCUT2D eigenvalue weighted by Gasteiger charge is -2.33. The summed E-state index contributed by atoms with van der Waals surface area (Å²) < 4.78 is 65.8. The van der Waals surface area contributed by atoms with E-state index in [9.17, 15) is 26.7 Å². The molecule has 110 valence electrons. The van der Waals surface area contributed by atoms with E-state index < -0.39 is 40.3 Å². The van der Waals surface area contributed by atoms with Crippen LogP contribution in [0.15, 0.2) is 12.1 Å². The van der Waals surface area contributed by atoms with E-state index >= 15 is 0 Å². The zero-order valence-corrected chi connectivity index (χ0v) is 10.4. The third kappa shape index (κ3) is 2.30. The third-order valence-corrected chi connectivity index (χ3v) is 3.57. The lowest BCUT2D eigenvalue weighted by Crippen LogP contribution is -2.48. The first kappa shape index (κ1) is 14.9. The number of hydrogen-bond acceptors (Lipinski definition) is 2. The van der Waals surface area contributed by atoms with Crippen LogP contribution < -0.4 is 5.73 Å². The Balaban J connectivity index is 2.64. The average Bonchev–Trinajstić information content (AvgIpc) is 2.31. The van der Waals surface area contributed by atoms with Gasteiger partial charge < -0.3 is 5.73 Å². The van der Waals surface area contributed by atoms with Crippen LogP contribution in [0.2, 0.25) is 0 Å². The fraction of sp³-hybridized carbons (Fsp3) is 0.462. The van der Waals surface area contributed by atoms with Gasteiger partial charge in [-0.3, -0.25) is 4.79 Å². The van der Waals surface area contributed by atoms with Crippen molar-refractivity contribution in [2.24, 2.45) is 5.73 Å². The van der Waals surface area contributed by atoms with Gasteiger partial charge in [-0.05, 0) is 25.0 Å². The quantitative estimate of drug-likeness (QED) is 0.807. The number of benzene rings is 1. The van der Waals surface area contributed by atoms with Crippen molar-refractivity contribution in [3.05, 3.63) is 34.9 Å². The minimum Gasteiger partial charge on any atom is -0.315 e. The highest BCUT2D eigenvalue weighted by molar-refractivity contribution is 5.90. The molecule has 2 nitrogen and oxygen atoms in total. The average molecular weight is 293 g/mol. The van der Waals surface area contributed by atoms with Gasteiger partial charge in [0.05, 0.1) is 11.1 Å². The van der Waals surface area contributed by atoms with Crippen LogP contribution in [0.25, 0.3) is 0 Å². The van der Waals surface area contributed by atoms with Crippen molar-refractivity contribution in [3.8, 4) is 0 Å². The maximum atomic E-state index is 14.0. The summed E-state index contributed by atoms with van der Waals surface area (Å²) in [6.45, 7) is 0. The van der Waals surface area contributed by atoms with Gasteiger partial charge in [0, 0.05) is 6.42 Å². The van der Waals surface area contributed by atoms with Crippen molar-refractivity contribution in [3.63, 3.8) is 0 Å². The maximum Gasteiger partial charge on any atom is 0.419 e. The standard InChI is InChI=1S/C13H12F5NO/c14-8-5-4-7(13(16,17)18)11(15)10(8)12(19)6-2-1-3-9(12)20/h4-5H,1-3,6,19H2. The molecule has 1 unspecified atom stereocenters. The first-order chi connectivity index (χ1) is 9.18. The molecule has 1 aromatic rings. The lowest BCUT2D eigenvalue weighted by molar-refractivity contribution is -0.140. The zero-order valence-electron chi connectivity index (χ0n) is 10.4. The molecule has 1 saturated carbocycles. The van der Waals surface area contributed by atoms with Crippen LogP contribution in [0, 0.1) is 11.6 Å². The minimum absolute atomic E-state index is 0.00558. The van der Waals surface area contributed by atoms with E-state index in [0.29, 0.717) is 25.0 Å². The van der Waals surface area contributed by atoms with Crippen LogP contribution in [-0.4, -0.2) is 5.78 Å². The van der Waals surface area contributed by atoms with Gasteiger partial charge in [0.15, 0.2) is 5.78 Å². The first-order valence-electron chi connectivity index (χ1n) is 6.06. The number of alkyl halides is 3. The van der Waals surface area contributed by atoms with E-state index in [2.05, 4.69) is 0 Å². The molecule has 0 saturated heterocycles. The van der Waals surface area contributed by atoms with Gasteiger partial charge in [-0.25, -0.2) is 8.78 Å². The summed E-state index contributed by atoms with van der Waals surface area (Å²) in [5.41, 5.74) is 1.13. The van der Waals surface area contributed by atoms with Crippen molar-refractivity contribution < 1.29 is 26.7 Å². The number of halogens is 5. The van der Waals surface area contributed by atoms with Crippen LogP contribution in [0.4, 0.5) is 22.0 Å². The Labute approximate surface area is 111 Å². The predicted octanol–water partition coefficient (Wildman–Crippen LogP) is 3.28. The summed E-state index contributed by atoms with van der Waals surface area (Å²) in [6, 6.07) is 0.808. The Hall–Kier alpha value is -1.50. The lowest BCUT2D eigenvalue weighted by atomic mass is 9.75. The number of rotatable bonds is 1. The molecule has 0 amide bonds. The number of nitrogens with two attached hydrogens (primary N) is 1. The number of hydrogen-bond donors (Lipinski definition) is 1. The number of carbonyl (C=O) groups excluding carboxylic acids is 1. The van der Waals surface area contributed by atoms with Crippen molar-refractivity contribution >= 4 is 5.78 Å². The summed E-state index contributed by atoms with van der Waals surface area (Å²) >= 11 is 0. The van der Waals surface area contributed by atoms with Crippen molar-refractivity contribution in [1.82, 2.24) is 0 Å². The molecule has 1 fully saturated rings. The fourth-order valence-electron chi connectivity index (χ4n) is 2.50. The van der Waals surface area contributed by atoms with Crippen molar-refractivity contribution in [2.45, 2.75) is 37.4 Å². The molecule has 0 bridgehead atoms. The summed E-state index contributed by atoms with van der Waals surface area (Å²) in [5, 5.41) is 0.